The van der Waals surface area contributed by atoms with E-state index in [4.69, 9.17) is 10.7 Å². The minimum Gasteiger partial charge on any atom is -0.403 e. The second kappa shape index (κ2) is 4.76. The van der Waals surface area contributed by atoms with Gasteiger partial charge in [-0.15, -0.1) is 13.2 Å². The van der Waals surface area contributed by atoms with Gasteiger partial charge < -0.3 is 4.74 Å². The fourth-order valence-electron chi connectivity index (χ4n) is 0.991. The molecule has 0 N–H and O–H groups in total. The quantitative estimate of drug-likeness (QED) is 0.565. The van der Waals surface area contributed by atoms with Gasteiger partial charge in [-0.25, -0.2) is 13.4 Å². The molecule has 0 saturated carbocycles. The molecule has 0 radical (unpaired) electrons. The topological polar surface area (TPSA) is 56.3 Å². The lowest BCUT2D eigenvalue weighted by atomic mass is 10.3. The van der Waals surface area contributed by atoms with E-state index in [1.165, 1.54) is 29.5 Å². The molecule has 17 heavy (non-hydrogen) atoms. The number of hydrogen-bond acceptors (Lipinski definition) is 4. The highest BCUT2D eigenvalue weighted by Gasteiger charge is 2.33. The minimum absolute atomic E-state index is 0.00218. The number of pyridine rings is 1. The summed E-state index contributed by atoms with van der Waals surface area (Å²) in [6.07, 6.45) is -4.20. The minimum atomic E-state index is -4.87. The monoisotopic (exact) mass is 401 g/mol. The summed E-state index contributed by atoms with van der Waals surface area (Å²) in [4.78, 5) is 3.34. The zero-order valence-corrected chi connectivity index (χ0v) is 11.8. The Morgan fingerprint density at radius 2 is 2.00 bits per heavy atom. The Hall–Kier alpha value is -0.290. The van der Waals surface area contributed by atoms with Crippen molar-refractivity contribution in [2.75, 3.05) is 0 Å². The average molecular weight is 402 g/mol. The molecule has 1 aromatic rings. The number of ether oxygens (including phenoxy) is 1. The summed E-state index contributed by atoms with van der Waals surface area (Å²) in [7, 11) is 0.968. The number of halogens is 5. The lowest BCUT2D eigenvalue weighted by Gasteiger charge is -2.12. The number of hydrogen-bond donors (Lipinski definition) is 0. The molecule has 0 bridgehead atoms. The highest BCUT2D eigenvalue weighted by Crippen LogP contribution is 2.32. The number of alkyl halides is 3. The van der Waals surface area contributed by atoms with Crippen molar-refractivity contribution in [3.05, 3.63) is 15.3 Å². The summed E-state index contributed by atoms with van der Waals surface area (Å²) in [5, 5.41) is -0.488. The van der Waals surface area contributed by atoms with Gasteiger partial charge in [-0.05, 0) is 29.5 Å². The first-order chi connectivity index (χ1) is 7.52. The van der Waals surface area contributed by atoms with Crippen LogP contribution in [0.1, 0.15) is 5.56 Å². The van der Waals surface area contributed by atoms with E-state index in [1.807, 2.05) is 0 Å². The fraction of sp³-hybridized carbons (Fsp3) is 0.286. The third-order valence-electron chi connectivity index (χ3n) is 1.62. The van der Waals surface area contributed by atoms with Crippen LogP contribution in [-0.4, -0.2) is 19.8 Å². The molecule has 0 aliphatic heterocycles. The molecule has 1 aromatic heterocycles. The Morgan fingerprint density at radius 1 is 1.47 bits per heavy atom. The summed E-state index contributed by atoms with van der Waals surface area (Å²) < 4.78 is 61.7. The van der Waals surface area contributed by atoms with Crippen molar-refractivity contribution in [3.63, 3.8) is 0 Å². The van der Waals surface area contributed by atoms with Crippen LogP contribution in [0.3, 0.4) is 0 Å². The Balaban J connectivity index is 3.30. The van der Waals surface area contributed by atoms with Crippen LogP contribution in [0.25, 0.3) is 0 Å². The Bertz CT molecular complexity index is 546. The summed E-state index contributed by atoms with van der Waals surface area (Å²) in [6.45, 7) is 1.28. The van der Waals surface area contributed by atoms with E-state index in [9.17, 15) is 21.6 Å². The van der Waals surface area contributed by atoms with Gasteiger partial charge in [0.25, 0.3) is 9.05 Å². The Kier molecular flexibility index (Phi) is 4.14. The summed E-state index contributed by atoms with van der Waals surface area (Å²) in [5.74, 6) is -0.570. The molecule has 0 aliphatic carbocycles. The van der Waals surface area contributed by atoms with E-state index in [-0.39, 0.29) is 9.13 Å². The molecule has 0 amide bonds. The van der Waals surface area contributed by atoms with Gasteiger partial charge in [0.05, 0.1) is 9.77 Å². The predicted octanol–water partition coefficient (Wildman–Crippen LogP) is 2.82. The van der Waals surface area contributed by atoms with Gasteiger partial charge >= 0.3 is 6.36 Å². The normalized spacial score (nSPS) is 12.6. The van der Waals surface area contributed by atoms with Gasteiger partial charge in [-0.1, -0.05) is 0 Å². The zero-order chi connectivity index (χ0) is 13.4. The SMILES string of the molecule is Cc1c(S(=O)(=O)Cl)ncc(OC(F)(F)F)c1I. The van der Waals surface area contributed by atoms with Crippen LogP contribution in [0.4, 0.5) is 13.2 Å². The first-order valence-corrected chi connectivity index (χ1v) is 7.26. The van der Waals surface area contributed by atoms with Crippen LogP contribution in [0.15, 0.2) is 11.2 Å². The maximum atomic E-state index is 12.0. The van der Waals surface area contributed by atoms with Gasteiger partial charge in [0.15, 0.2) is 10.8 Å². The van der Waals surface area contributed by atoms with Crippen LogP contribution in [0, 0.1) is 10.5 Å². The van der Waals surface area contributed by atoms with Crippen molar-refractivity contribution in [2.24, 2.45) is 0 Å². The van der Waals surface area contributed by atoms with Gasteiger partial charge in [0, 0.05) is 16.2 Å². The molecule has 0 fully saturated rings. The molecular formula is C7H4ClF3INO3S. The van der Waals surface area contributed by atoms with Crippen molar-refractivity contribution in [1.29, 1.82) is 0 Å². The summed E-state index contributed by atoms with van der Waals surface area (Å²) >= 11 is 1.52. The van der Waals surface area contributed by atoms with Crippen molar-refractivity contribution in [1.82, 2.24) is 4.98 Å². The van der Waals surface area contributed by atoms with Crippen molar-refractivity contribution in [3.8, 4) is 5.75 Å². The molecule has 0 aliphatic rings. The van der Waals surface area contributed by atoms with Crippen LogP contribution >= 0.6 is 33.3 Å². The van der Waals surface area contributed by atoms with E-state index in [1.54, 1.807) is 0 Å². The average Bonchev–Trinajstić information content (AvgIpc) is 2.08. The highest BCUT2D eigenvalue weighted by molar-refractivity contribution is 14.1. The van der Waals surface area contributed by atoms with Gasteiger partial charge in [-0.2, -0.15) is 0 Å². The maximum absolute atomic E-state index is 12.0. The number of aromatic nitrogens is 1. The van der Waals surface area contributed by atoms with Gasteiger partial charge in [0.1, 0.15) is 0 Å². The number of rotatable bonds is 2. The smallest absolute Gasteiger partial charge is 0.403 e. The molecule has 4 nitrogen and oxygen atoms in total. The van der Waals surface area contributed by atoms with Crippen LogP contribution in [0.2, 0.25) is 0 Å². The van der Waals surface area contributed by atoms with Crippen molar-refractivity contribution >= 4 is 42.3 Å². The third-order valence-corrected chi connectivity index (χ3v) is 4.27. The molecule has 10 heteroatoms. The zero-order valence-electron chi connectivity index (χ0n) is 8.05. The van der Waals surface area contributed by atoms with E-state index in [2.05, 4.69) is 9.72 Å². The highest BCUT2D eigenvalue weighted by atomic mass is 127. The van der Waals surface area contributed by atoms with E-state index in [0.29, 0.717) is 6.20 Å². The molecule has 1 rings (SSSR count). The van der Waals surface area contributed by atoms with Crippen molar-refractivity contribution < 1.29 is 26.3 Å². The molecule has 0 saturated heterocycles. The van der Waals surface area contributed by atoms with Gasteiger partial charge in [-0.3, -0.25) is 0 Å². The maximum Gasteiger partial charge on any atom is 0.573 e. The molecule has 0 unspecified atom stereocenters. The molecule has 0 spiro atoms. The Morgan fingerprint density at radius 3 is 2.41 bits per heavy atom. The number of nitrogens with zero attached hydrogens (tertiary/aromatic N) is 1. The predicted molar refractivity (Wildman–Crippen MR) is 61.4 cm³/mol. The third kappa shape index (κ3) is 3.85. The fourth-order valence-corrected chi connectivity index (χ4v) is 2.79. The van der Waals surface area contributed by atoms with E-state index in [0.717, 1.165) is 0 Å². The second-order valence-electron chi connectivity index (χ2n) is 2.85. The standard InChI is InChI=1S/C7H4ClF3INO3S/c1-3-5(12)4(16-7(9,10)11)2-13-6(3)17(8,14)15/h2H,1H3. The molecule has 1 heterocycles. The molecule has 96 valence electrons. The van der Waals surface area contributed by atoms with E-state index < -0.39 is 26.2 Å². The van der Waals surface area contributed by atoms with Crippen LogP contribution in [0.5, 0.6) is 5.75 Å². The molecule has 0 aromatic carbocycles. The second-order valence-corrected chi connectivity index (χ2v) is 6.41. The lowest BCUT2D eigenvalue weighted by molar-refractivity contribution is -0.275. The summed E-state index contributed by atoms with van der Waals surface area (Å²) in [5.41, 5.74) is 0.00218. The molecule has 0 atom stereocenters. The Labute approximate surface area is 113 Å². The van der Waals surface area contributed by atoms with Gasteiger partial charge in [0.2, 0.25) is 0 Å². The van der Waals surface area contributed by atoms with Crippen LogP contribution in [-0.2, 0) is 9.05 Å². The lowest BCUT2D eigenvalue weighted by Crippen LogP contribution is -2.18. The largest absolute Gasteiger partial charge is 0.573 e. The first-order valence-electron chi connectivity index (χ1n) is 3.88. The van der Waals surface area contributed by atoms with Crippen molar-refractivity contribution in [2.45, 2.75) is 18.3 Å². The van der Waals surface area contributed by atoms with Crippen LogP contribution < -0.4 is 4.74 Å². The first kappa shape index (κ1) is 14.8. The molecular weight excluding hydrogens is 397 g/mol. The van der Waals surface area contributed by atoms with E-state index >= 15 is 0 Å². The summed E-state index contributed by atoms with van der Waals surface area (Å²) in [6, 6.07) is 0.